The first-order chi connectivity index (χ1) is 40.4. The summed E-state index contributed by atoms with van der Waals surface area (Å²) in [6, 6.07) is 21.2. The first kappa shape index (κ1) is 67.0. The Labute approximate surface area is 478 Å². The zero-order valence-electron chi connectivity index (χ0n) is 47.5. The molecule has 33 nitrogen and oxygen atoms in total. The van der Waals surface area contributed by atoms with E-state index in [2.05, 4.69) is 78.0 Å². The highest BCUT2D eigenvalue weighted by Crippen LogP contribution is 2.16. The number of H-pyrrole nitrogens is 4. The summed E-state index contributed by atoms with van der Waals surface area (Å²) in [4.78, 5) is 108. The topological polar surface area (TPSA) is 436 Å². The summed E-state index contributed by atoms with van der Waals surface area (Å²) in [6.07, 6.45) is 0.415. The van der Waals surface area contributed by atoms with Crippen LogP contribution in [0.3, 0.4) is 0 Å². The number of aromatic nitrogens is 17. The lowest BCUT2D eigenvalue weighted by molar-refractivity contribution is -0.143. The van der Waals surface area contributed by atoms with E-state index in [1.807, 2.05) is 51.1 Å². The fourth-order valence-corrected chi connectivity index (χ4v) is 6.27. The van der Waals surface area contributed by atoms with Gasteiger partial charge in [0.1, 0.15) is 12.4 Å². The maximum atomic E-state index is 11.7. The van der Waals surface area contributed by atoms with Crippen molar-refractivity contribution in [1.82, 2.24) is 83.5 Å². The van der Waals surface area contributed by atoms with Gasteiger partial charge in [-0.2, -0.15) is 22.5 Å². The fraction of sp³-hybridized carbons (Fsp3) is 0.280. The summed E-state index contributed by atoms with van der Waals surface area (Å²) >= 11 is 0. The van der Waals surface area contributed by atoms with E-state index in [9.17, 15) is 56.3 Å². The highest BCUT2D eigenvalue weighted by atomic mass is 19.4. The van der Waals surface area contributed by atoms with E-state index in [0.29, 0.717) is 46.5 Å². The van der Waals surface area contributed by atoms with Gasteiger partial charge >= 0.3 is 58.1 Å². The lowest BCUT2D eigenvalue weighted by atomic mass is 10.2. The highest BCUT2D eigenvalue weighted by Gasteiger charge is 2.30. The molecule has 0 aliphatic carbocycles. The Morgan fingerprint density at radius 3 is 1.65 bits per heavy atom. The molecule has 11 aromatic rings. The second-order valence-electron chi connectivity index (χ2n) is 17.3. The molecule has 0 amide bonds. The molecule has 2 aromatic carbocycles. The van der Waals surface area contributed by atoms with Crippen molar-refractivity contribution in [3.05, 3.63) is 228 Å². The molecular weight excluding hydrogens is 1150 g/mol. The number of hydrogen-bond acceptors (Lipinski definition) is 22. The number of aromatic carboxylic acids is 1. The standard InChI is InChI=1S/C11H10N2O3.C10H10N2O.C8H7N3O2.C6H10N2O2.C5H5F3N2O2.C4H6N2O2.2C3H4N2O2/c1-7-6-13(11(16)12-7)9-5-3-2-4-8(9)10(14)15;1-8-7-11-10(13)12(8)9-5-3-2-4-6-9;1-6-10-11(8(12)13-6)7-4-2-3-5-9-7;1-4(2)8-6(9)10-5(3)7-8;1-3-9-10(4(11)12-3)2-5(6,7)8;1-3-5-8-4(7)6(3)2;1-2-4-5-3(6)7-2;1-2-4-3(6)7-5-2/h2-6H,1H3,(H,12,16)(H,14,15);2-7H,1H3,(H,11,13);2-5H,1H3;4H,1-3H3;2H2,1H3;1-2H3;1H3,(H,5,6);1H3,(H,4,5,6). The van der Waals surface area contributed by atoms with E-state index < -0.39 is 47.5 Å². The van der Waals surface area contributed by atoms with Crippen molar-refractivity contribution in [2.75, 3.05) is 0 Å². The van der Waals surface area contributed by atoms with E-state index in [4.69, 9.17) is 9.52 Å². The monoisotopic (exact) mass is 1210 g/mol. The van der Waals surface area contributed by atoms with Crippen molar-refractivity contribution in [2.24, 2.45) is 7.05 Å². The average Bonchev–Trinajstić information content (AvgIpc) is 3.79. The van der Waals surface area contributed by atoms with Crippen LogP contribution >= 0.6 is 0 Å². The predicted octanol–water partition coefficient (Wildman–Crippen LogP) is 3.63. The molecule has 0 atom stereocenters. The van der Waals surface area contributed by atoms with Gasteiger partial charge in [-0.1, -0.05) is 46.7 Å². The lowest BCUT2D eigenvalue weighted by Gasteiger charge is -2.04. The van der Waals surface area contributed by atoms with Gasteiger partial charge in [-0.05, 0) is 77.9 Å². The van der Waals surface area contributed by atoms with Crippen LogP contribution in [0.15, 0.2) is 156 Å². The minimum atomic E-state index is -4.45. The number of carboxylic acids is 1. The van der Waals surface area contributed by atoms with Crippen LogP contribution in [0.5, 0.6) is 0 Å². The molecule has 0 radical (unpaired) electrons. The number of para-hydroxylation sites is 2. The maximum Gasteiger partial charge on any atom is 0.443 e. The number of aryl methyl sites for hydroxylation is 8. The van der Waals surface area contributed by atoms with Gasteiger partial charge in [-0.3, -0.25) is 27.7 Å². The number of alkyl halides is 3. The lowest BCUT2D eigenvalue weighted by Crippen LogP contribution is -2.26. The molecule has 0 unspecified atom stereocenters. The molecular formula is C50H56F3N17O16. The summed E-state index contributed by atoms with van der Waals surface area (Å²) < 4.78 is 68.4. The van der Waals surface area contributed by atoms with E-state index >= 15 is 0 Å². The first-order valence-corrected chi connectivity index (χ1v) is 24.6. The number of imidazole rings is 2. The van der Waals surface area contributed by atoms with Gasteiger partial charge in [-0.25, -0.2) is 53.2 Å². The minimum Gasteiger partial charge on any atom is -0.478 e. The van der Waals surface area contributed by atoms with Gasteiger partial charge in [0.2, 0.25) is 23.6 Å². The molecule has 0 saturated heterocycles. The molecule has 36 heteroatoms. The molecule has 0 fully saturated rings. The number of halogens is 3. The molecule has 9 heterocycles. The molecule has 0 saturated carbocycles. The summed E-state index contributed by atoms with van der Waals surface area (Å²) in [5.41, 5.74) is 2.52. The van der Waals surface area contributed by atoms with Gasteiger partial charge in [0.25, 0.3) is 0 Å². The van der Waals surface area contributed by atoms with Crippen LogP contribution in [-0.2, 0) is 13.6 Å². The Bertz CT molecular complexity index is 4330. The fourth-order valence-electron chi connectivity index (χ4n) is 6.27. The van der Waals surface area contributed by atoms with E-state index in [-0.39, 0.29) is 39.3 Å². The second-order valence-corrected chi connectivity index (χ2v) is 17.3. The molecule has 11 rings (SSSR count). The Balaban J connectivity index is 0.000000214. The third kappa shape index (κ3) is 21.1. The Morgan fingerprint density at radius 1 is 0.663 bits per heavy atom. The van der Waals surface area contributed by atoms with Gasteiger partial charge in [0.15, 0.2) is 11.6 Å². The average molecular weight is 1210 g/mol. The van der Waals surface area contributed by atoms with Crippen LogP contribution < -0.4 is 45.9 Å². The molecule has 0 spiro atoms. The predicted molar refractivity (Wildman–Crippen MR) is 291 cm³/mol. The van der Waals surface area contributed by atoms with E-state index in [0.717, 1.165) is 16.1 Å². The summed E-state index contributed by atoms with van der Waals surface area (Å²) in [5.74, 6) is -1.87. The molecule has 0 bridgehead atoms. The number of nitrogens with one attached hydrogen (secondary N) is 4. The number of carboxylic acid groups (broad SMARTS) is 1. The molecule has 0 aliphatic rings. The summed E-state index contributed by atoms with van der Waals surface area (Å²) in [5, 5.41) is 32.1. The van der Waals surface area contributed by atoms with Crippen LogP contribution in [-0.4, -0.2) is 101 Å². The summed E-state index contributed by atoms with van der Waals surface area (Å²) in [7, 11) is 1.61. The zero-order chi connectivity index (χ0) is 64.0. The van der Waals surface area contributed by atoms with Gasteiger partial charge in [0.05, 0.1) is 23.0 Å². The number of carbonyl (C=O) groups is 1. The molecule has 5 N–H and O–H groups in total. The Kier molecular flexibility index (Phi) is 24.2. The first-order valence-electron chi connectivity index (χ1n) is 24.6. The van der Waals surface area contributed by atoms with Crippen molar-refractivity contribution in [2.45, 2.75) is 88.0 Å². The van der Waals surface area contributed by atoms with Crippen molar-refractivity contribution in [3.8, 4) is 17.2 Å². The van der Waals surface area contributed by atoms with Crippen LogP contribution in [0.4, 0.5) is 13.2 Å². The third-order valence-electron chi connectivity index (χ3n) is 10.0. The van der Waals surface area contributed by atoms with Gasteiger partial charge in [0, 0.05) is 64.7 Å². The minimum absolute atomic E-state index is 0.0740. The summed E-state index contributed by atoms with van der Waals surface area (Å²) in [6.45, 7) is 15.5. The molecule has 0 aliphatic heterocycles. The zero-order valence-corrected chi connectivity index (χ0v) is 47.5. The van der Waals surface area contributed by atoms with Gasteiger partial charge in [-0.15, -0.1) is 25.1 Å². The smallest absolute Gasteiger partial charge is 0.443 e. The maximum absolute atomic E-state index is 11.7. The Morgan fingerprint density at radius 2 is 1.28 bits per heavy atom. The van der Waals surface area contributed by atoms with E-state index in [1.165, 1.54) is 26.8 Å². The normalized spacial score (nSPS) is 10.4. The van der Waals surface area contributed by atoms with E-state index in [1.54, 1.807) is 108 Å². The van der Waals surface area contributed by atoms with Crippen molar-refractivity contribution < 1.29 is 49.8 Å². The van der Waals surface area contributed by atoms with Crippen molar-refractivity contribution in [1.29, 1.82) is 0 Å². The van der Waals surface area contributed by atoms with Gasteiger partial charge < -0.3 is 32.7 Å². The number of pyridine rings is 1. The highest BCUT2D eigenvalue weighted by molar-refractivity contribution is 5.91. The number of aromatic amines is 4. The van der Waals surface area contributed by atoms with Crippen molar-refractivity contribution in [3.63, 3.8) is 0 Å². The second kappa shape index (κ2) is 31.1. The van der Waals surface area contributed by atoms with Crippen LogP contribution in [0.1, 0.15) is 76.8 Å². The molecule has 86 heavy (non-hydrogen) atoms. The largest absolute Gasteiger partial charge is 0.478 e. The molecule has 9 aromatic heterocycles. The van der Waals surface area contributed by atoms with Crippen LogP contribution in [0.25, 0.3) is 17.2 Å². The molecule has 458 valence electrons. The van der Waals surface area contributed by atoms with Crippen molar-refractivity contribution >= 4 is 5.97 Å². The SMILES string of the molecule is Cc1c[nH]c(=O)n1-c1ccccc1.Cc1cn(-c2ccccc2C(=O)O)c(=O)[nH]1.Cc1n[nH]c(=O)o1.Cc1nn(-c2ccccn2)c(=O)o1.Cc1nn(C(C)C)c(=O)o1.Cc1nn(CC(F)(F)F)c(=O)o1.Cc1noc(=O)[nH]1.Cc1noc(=O)n1C. The van der Waals surface area contributed by atoms with Crippen LogP contribution in [0.2, 0.25) is 0 Å². The quantitative estimate of drug-likeness (QED) is 0.159. The van der Waals surface area contributed by atoms with Crippen LogP contribution in [0, 0.1) is 55.4 Å². The number of hydrogen-bond donors (Lipinski definition) is 5. The number of rotatable bonds is 6. The third-order valence-corrected chi connectivity index (χ3v) is 10.0. The Hall–Kier alpha value is -11.5. The number of nitrogens with zero attached hydrogens (tertiary/aromatic N) is 13. The number of benzene rings is 2.